The summed E-state index contributed by atoms with van der Waals surface area (Å²) >= 11 is 3.31. The Morgan fingerprint density at radius 3 is 2.52 bits per heavy atom. The molecule has 4 atom stereocenters. The molecule has 2 aromatic rings. The van der Waals surface area contributed by atoms with Gasteiger partial charge in [0.2, 0.25) is 0 Å². The van der Waals surface area contributed by atoms with Crippen molar-refractivity contribution in [3.63, 3.8) is 0 Å². The molecule has 2 saturated heterocycles. The first kappa shape index (κ1) is 23.6. The highest BCUT2D eigenvalue weighted by molar-refractivity contribution is 9.10. The maximum Gasteiger partial charge on any atom is 0.384 e. The maximum absolute atomic E-state index is 12.2. The lowest BCUT2D eigenvalue weighted by atomic mass is 10.1. The Morgan fingerprint density at radius 1 is 1.06 bits per heavy atom. The Kier molecular flexibility index (Phi) is 7.27. The van der Waals surface area contributed by atoms with Gasteiger partial charge in [-0.05, 0) is 31.5 Å². The van der Waals surface area contributed by atoms with Gasteiger partial charge in [-0.3, -0.25) is 4.79 Å². The van der Waals surface area contributed by atoms with Crippen LogP contribution in [-0.2, 0) is 35.1 Å². The van der Waals surface area contributed by atoms with E-state index in [1.54, 1.807) is 38.1 Å². The molecular formula is C25H23BrO7. The molecule has 8 heteroatoms. The highest BCUT2D eigenvalue weighted by Gasteiger charge is 2.55. The largest absolute Gasteiger partial charge is 0.448 e. The highest BCUT2D eigenvalue weighted by atomic mass is 79.9. The Labute approximate surface area is 200 Å². The van der Waals surface area contributed by atoms with Crippen LogP contribution in [-0.4, -0.2) is 48.7 Å². The standard InChI is InChI=1S/C25H23BrO7/c1-25(2)32-23-22(30-14-16-6-4-3-5-7-16)20(31-24(23)33-25)12-13-21(28)29-15-19(27)17-8-10-18(26)11-9-17/h3-11,20,22-24H,14-15H2,1-2H3/t20-,22+,23-,24-/m1/s1. The van der Waals surface area contributed by atoms with Gasteiger partial charge in [-0.2, -0.15) is 0 Å². The van der Waals surface area contributed by atoms with E-state index in [4.69, 9.17) is 23.7 Å². The summed E-state index contributed by atoms with van der Waals surface area (Å²) in [4.78, 5) is 24.3. The summed E-state index contributed by atoms with van der Waals surface area (Å²) in [5.74, 6) is 3.18. The molecule has 4 rings (SSSR count). The Morgan fingerprint density at radius 2 is 1.79 bits per heavy atom. The monoisotopic (exact) mass is 514 g/mol. The van der Waals surface area contributed by atoms with E-state index in [2.05, 4.69) is 27.8 Å². The number of ketones is 1. The van der Waals surface area contributed by atoms with E-state index >= 15 is 0 Å². The van der Waals surface area contributed by atoms with Gasteiger partial charge in [0.25, 0.3) is 0 Å². The number of esters is 1. The van der Waals surface area contributed by atoms with Crippen LogP contribution in [0.5, 0.6) is 0 Å². The lowest BCUT2D eigenvalue weighted by Gasteiger charge is -2.23. The van der Waals surface area contributed by atoms with Gasteiger partial charge in [0.05, 0.1) is 6.61 Å². The van der Waals surface area contributed by atoms with Crippen molar-refractivity contribution in [1.82, 2.24) is 0 Å². The SMILES string of the molecule is CC1(C)O[C@H]2O[C@H](C#CC(=O)OCC(=O)c3ccc(Br)cc3)[C@H](OCc3ccccc3)[C@H]2O1. The van der Waals surface area contributed by atoms with Crippen LogP contribution in [0.4, 0.5) is 0 Å². The minimum absolute atomic E-state index is 0.322. The van der Waals surface area contributed by atoms with Crippen molar-refractivity contribution in [3.8, 4) is 11.8 Å². The van der Waals surface area contributed by atoms with Crippen molar-refractivity contribution in [2.24, 2.45) is 0 Å². The van der Waals surface area contributed by atoms with Crippen molar-refractivity contribution >= 4 is 27.7 Å². The molecule has 0 N–H and O–H groups in total. The zero-order valence-corrected chi connectivity index (χ0v) is 19.7. The maximum atomic E-state index is 12.2. The summed E-state index contributed by atoms with van der Waals surface area (Å²) in [5.41, 5.74) is 1.42. The van der Waals surface area contributed by atoms with E-state index in [0.717, 1.165) is 10.0 Å². The van der Waals surface area contributed by atoms with E-state index in [1.165, 1.54) is 0 Å². The number of benzene rings is 2. The predicted molar refractivity (Wildman–Crippen MR) is 121 cm³/mol. The summed E-state index contributed by atoms with van der Waals surface area (Å²) in [6.45, 7) is 3.51. The van der Waals surface area contributed by atoms with E-state index in [1.807, 2.05) is 30.3 Å². The molecule has 2 aliphatic rings. The molecule has 0 aliphatic carbocycles. The van der Waals surface area contributed by atoms with Gasteiger partial charge in [0.15, 0.2) is 30.6 Å². The fourth-order valence-corrected chi connectivity index (χ4v) is 3.82. The second-order valence-corrected chi connectivity index (χ2v) is 8.98. The Hall–Kier alpha value is -2.54. The summed E-state index contributed by atoms with van der Waals surface area (Å²) in [5, 5.41) is 0. The summed E-state index contributed by atoms with van der Waals surface area (Å²) < 4.78 is 29.5. The second-order valence-electron chi connectivity index (χ2n) is 8.06. The molecular weight excluding hydrogens is 492 g/mol. The smallest absolute Gasteiger partial charge is 0.384 e. The second kappa shape index (κ2) is 10.2. The van der Waals surface area contributed by atoms with E-state index in [-0.39, 0.29) is 5.78 Å². The molecule has 33 heavy (non-hydrogen) atoms. The summed E-state index contributed by atoms with van der Waals surface area (Å²) in [6, 6.07) is 16.4. The van der Waals surface area contributed by atoms with Crippen LogP contribution in [0.1, 0.15) is 29.8 Å². The van der Waals surface area contributed by atoms with E-state index in [0.29, 0.717) is 12.2 Å². The molecule has 0 aromatic heterocycles. The number of rotatable bonds is 6. The van der Waals surface area contributed by atoms with Gasteiger partial charge in [0.1, 0.15) is 12.2 Å². The molecule has 2 aromatic carbocycles. The number of hydrogen-bond donors (Lipinski definition) is 0. The first-order valence-corrected chi connectivity index (χ1v) is 11.2. The van der Waals surface area contributed by atoms with Gasteiger partial charge >= 0.3 is 5.97 Å². The third kappa shape index (κ3) is 6.08. The highest BCUT2D eigenvalue weighted by Crippen LogP contribution is 2.38. The van der Waals surface area contributed by atoms with Crippen LogP contribution in [0.3, 0.4) is 0 Å². The normalized spacial score (nSPS) is 25.1. The number of fused-ring (bicyclic) bond motifs is 1. The number of carbonyl (C=O) groups excluding carboxylic acids is 2. The summed E-state index contributed by atoms with van der Waals surface area (Å²) in [6.07, 6.45) is -2.47. The number of Topliss-reactive ketones (excluding diaryl/α,β-unsaturated/α-hetero) is 1. The van der Waals surface area contributed by atoms with Crippen LogP contribution < -0.4 is 0 Å². The van der Waals surface area contributed by atoms with Gasteiger partial charge < -0.3 is 23.7 Å². The zero-order valence-electron chi connectivity index (χ0n) is 18.2. The van der Waals surface area contributed by atoms with Gasteiger partial charge in [-0.25, -0.2) is 4.79 Å². The van der Waals surface area contributed by atoms with Crippen molar-refractivity contribution in [3.05, 3.63) is 70.2 Å². The van der Waals surface area contributed by atoms with Crippen molar-refractivity contribution in [2.75, 3.05) is 6.61 Å². The van der Waals surface area contributed by atoms with Crippen LogP contribution in [0.2, 0.25) is 0 Å². The summed E-state index contributed by atoms with van der Waals surface area (Å²) in [7, 11) is 0. The first-order chi connectivity index (χ1) is 15.8. The Bertz CT molecular complexity index is 1060. The molecule has 2 fully saturated rings. The molecule has 172 valence electrons. The zero-order chi connectivity index (χ0) is 23.4. The van der Waals surface area contributed by atoms with E-state index in [9.17, 15) is 9.59 Å². The van der Waals surface area contributed by atoms with Crippen LogP contribution in [0, 0.1) is 11.8 Å². The molecule has 0 unspecified atom stereocenters. The average Bonchev–Trinajstić information content (AvgIpc) is 3.26. The lowest BCUT2D eigenvalue weighted by molar-refractivity contribution is -0.212. The molecule has 0 amide bonds. The molecule has 0 spiro atoms. The minimum atomic E-state index is -0.829. The number of hydrogen-bond acceptors (Lipinski definition) is 7. The van der Waals surface area contributed by atoms with Crippen LogP contribution in [0.25, 0.3) is 0 Å². The molecule has 0 radical (unpaired) electrons. The average molecular weight is 515 g/mol. The van der Waals surface area contributed by atoms with Crippen molar-refractivity contribution < 1.29 is 33.3 Å². The topological polar surface area (TPSA) is 80.3 Å². The molecule has 7 nitrogen and oxygen atoms in total. The van der Waals surface area contributed by atoms with Gasteiger partial charge in [-0.15, -0.1) is 0 Å². The van der Waals surface area contributed by atoms with Crippen LogP contribution >= 0.6 is 15.9 Å². The fraction of sp³-hybridized carbons (Fsp3) is 0.360. The fourth-order valence-electron chi connectivity index (χ4n) is 3.56. The Balaban J connectivity index is 1.37. The molecule has 2 heterocycles. The predicted octanol–water partition coefficient (Wildman–Crippen LogP) is 3.64. The van der Waals surface area contributed by atoms with E-state index < -0.39 is 43.0 Å². The van der Waals surface area contributed by atoms with Crippen molar-refractivity contribution in [1.29, 1.82) is 0 Å². The lowest BCUT2D eigenvalue weighted by Crippen LogP contribution is -2.36. The first-order valence-electron chi connectivity index (χ1n) is 10.4. The molecule has 0 saturated carbocycles. The van der Waals surface area contributed by atoms with Crippen molar-refractivity contribution in [2.45, 2.75) is 50.8 Å². The number of carbonyl (C=O) groups is 2. The third-order valence-electron chi connectivity index (χ3n) is 5.09. The number of halogens is 1. The third-order valence-corrected chi connectivity index (χ3v) is 5.62. The quantitative estimate of drug-likeness (QED) is 0.252. The molecule has 0 bridgehead atoms. The van der Waals surface area contributed by atoms with Gasteiger partial charge in [0, 0.05) is 16.0 Å². The number of ether oxygens (including phenoxy) is 5. The van der Waals surface area contributed by atoms with Gasteiger partial charge in [-0.1, -0.05) is 64.3 Å². The molecule has 2 aliphatic heterocycles. The minimum Gasteiger partial charge on any atom is -0.448 e. The van der Waals surface area contributed by atoms with Crippen LogP contribution in [0.15, 0.2) is 59.1 Å².